The van der Waals surface area contributed by atoms with Crippen molar-refractivity contribution < 1.29 is 17.9 Å². The number of morpholine rings is 1. The van der Waals surface area contributed by atoms with E-state index in [-0.39, 0.29) is 22.5 Å². The van der Waals surface area contributed by atoms with E-state index < -0.39 is 10.0 Å². The third-order valence-corrected chi connectivity index (χ3v) is 8.13. The molecule has 2 aliphatic rings. The number of aromatic nitrogens is 3. The Kier molecular flexibility index (Phi) is 6.05. The fourth-order valence-corrected chi connectivity index (χ4v) is 5.89. The number of ether oxygens (including phenoxy) is 1. The van der Waals surface area contributed by atoms with Gasteiger partial charge in [0.25, 0.3) is 5.91 Å². The summed E-state index contributed by atoms with van der Waals surface area (Å²) in [5.41, 5.74) is 3.57. The molecule has 1 fully saturated rings. The van der Waals surface area contributed by atoms with Gasteiger partial charge >= 0.3 is 0 Å². The second-order valence-electron chi connectivity index (χ2n) is 8.37. The summed E-state index contributed by atoms with van der Waals surface area (Å²) in [6.07, 6.45) is 5.89. The number of hydrogen-bond donors (Lipinski definition) is 2. The summed E-state index contributed by atoms with van der Waals surface area (Å²) < 4.78 is 34.3. The molecule has 0 bridgehead atoms. The number of benzene rings is 1. The minimum atomic E-state index is -3.65. The lowest BCUT2D eigenvalue weighted by Gasteiger charge is -2.25. The van der Waals surface area contributed by atoms with Crippen LogP contribution in [0.15, 0.2) is 53.7 Å². The van der Waals surface area contributed by atoms with Crippen LogP contribution in [-0.2, 0) is 27.7 Å². The van der Waals surface area contributed by atoms with Crippen LogP contribution >= 0.6 is 0 Å². The molecule has 1 aliphatic heterocycles. The number of hydrogen-bond acceptors (Lipinski definition) is 5. The van der Waals surface area contributed by atoms with Crippen molar-refractivity contribution in [2.75, 3.05) is 26.3 Å². The summed E-state index contributed by atoms with van der Waals surface area (Å²) in [6.45, 7) is 2.06. The third-order valence-electron chi connectivity index (χ3n) is 6.25. The van der Waals surface area contributed by atoms with Crippen molar-refractivity contribution in [3.8, 4) is 0 Å². The quantitative estimate of drug-likeness (QED) is 0.575. The predicted molar refractivity (Wildman–Crippen MR) is 121 cm³/mol. The lowest BCUT2D eigenvalue weighted by molar-refractivity contribution is 0.0730. The molecule has 1 amide bonds. The van der Waals surface area contributed by atoms with E-state index in [1.54, 1.807) is 0 Å². The molecule has 0 saturated carbocycles. The Morgan fingerprint density at radius 2 is 2.00 bits per heavy atom. The first-order valence-electron chi connectivity index (χ1n) is 11.2. The van der Waals surface area contributed by atoms with Crippen LogP contribution in [0.25, 0.3) is 0 Å². The van der Waals surface area contributed by atoms with E-state index in [9.17, 15) is 13.2 Å². The third kappa shape index (κ3) is 4.46. The predicted octanol–water partition coefficient (Wildman–Crippen LogP) is 2.09. The number of sulfonamides is 1. The number of carbonyl (C=O) groups is 1. The summed E-state index contributed by atoms with van der Waals surface area (Å²) in [4.78, 5) is 15.9. The van der Waals surface area contributed by atoms with Crippen molar-refractivity contribution in [1.29, 1.82) is 0 Å². The van der Waals surface area contributed by atoms with Crippen molar-refractivity contribution in [1.82, 2.24) is 24.4 Å². The number of nitrogens with zero attached hydrogens (tertiary/aromatic N) is 3. The average Bonchev–Trinajstić information content (AvgIpc) is 3.50. The van der Waals surface area contributed by atoms with Crippen LogP contribution in [0.5, 0.6) is 0 Å². The Balaban J connectivity index is 1.30. The van der Waals surface area contributed by atoms with Gasteiger partial charge in [0.1, 0.15) is 10.6 Å². The van der Waals surface area contributed by atoms with Crippen LogP contribution in [0.3, 0.4) is 0 Å². The Bertz CT molecular complexity index is 1230. The van der Waals surface area contributed by atoms with Gasteiger partial charge in [-0.3, -0.25) is 9.48 Å². The molecule has 174 valence electrons. The Hall–Kier alpha value is -2.95. The number of rotatable bonds is 6. The van der Waals surface area contributed by atoms with Gasteiger partial charge < -0.3 is 15.0 Å². The van der Waals surface area contributed by atoms with E-state index in [2.05, 4.69) is 27.5 Å². The van der Waals surface area contributed by atoms with Crippen molar-refractivity contribution in [3.05, 3.63) is 71.3 Å². The molecule has 0 radical (unpaired) electrons. The normalized spacial score (nSPS) is 19.2. The fourth-order valence-electron chi connectivity index (χ4n) is 4.49. The van der Waals surface area contributed by atoms with Gasteiger partial charge in [-0.25, -0.2) is 8.42 Å². The van der Waals surface area contributed by atoms with Gasteiger partial charge in [0, 0.05) is 30.5 Å². The Morgan fingerprint density at radius 1 is 1.21 bits per heavy atom. The van der Waals surface area contributed by atoms with Gasteiger partial charge in [-0.05, 0) is 30.9 Å². The largest absolute Gasteiger partial charge is 0.379 e. The highest BCUT2D eigenvalue weighted by molar-refractivity contribution is 7.89. The molecule has 3 heterocycles. The molecule has 9 nitrogen and oxygen atoms in total. The highest BCUT2D eigenvalue weighted by Gasteiger charge is 2.29. The van der Waals surface area contributed by atoms with Crippen molar-refractivity contribution >= 4 is 15.9 Å². The molecule has 33 heavy (non-hydrogen) atoms. The maximum Gasteiger partial charge on any atom is 0.268 e. The lowest BCUT2D eigenvalue weighted by Crippen LogP contribution is -2.40. The molecule has 1 aromatic carbocycles. The van der Waals surface area contributed by atoms with E-state index in [0.717, 1.165) is 30.5 Å². The molecule has 10 heteroatoms. The fraction of sp³-hybridized carbons (Fsp3) is 0.391. The molecule has 2 aromatic heterocycles. The summed E-state index contributed by atoms with van der Waals surface area (Å²) in [7, 11) is -3.65. The number of nitrogens with one attached hydrogen (secondary N) is 2. The molecule has 1 saturated heterocycles. The second kappa shape index (κ2) is 9.12. The van der Waals surface area contributed by atoms with Crippen molar-refractivity contribution in [2.45, 2.75) is 36.7 Å². The zero-order chi connectivity index (χ0) is 22.8. The number of carbonyl (C=O) groups excluding carboxylic acids is 1. The Labute approximate surface area is 192 Å². The van der Waals surface area contributed by atoms with E-state index in [4.69, 9.17) is 4.74 Å². The average molecular weight is 470 g/mol. The molecule has 1 unspecified atom stereocenters. The minimum absolute atomic E-state index is 0.0922. The Morgan fingerprint density at radius 3 is 2.79 bits per heavy atom. The SMILES string of the molecule is O=C(NC1CCCc2c1cnn2Cc1ccccc1)c1cc(S(=O)(=O)N2CCOCC2)c[nH]1. The first kappa shape index (κ1) is 21.9. The van der Waals surface area contributed by atoms with Crippen molar-refractivity contribution in [3.63, 3.8) is 0 Å². The molecular formula is C23H27N5O4S. The van der Waals surface area contributed by atoms with Gasteiger partial charge in [-0.15, -0.1) is 0 Å². The van der Waals surface area contributed by atoms with Crippen LogP contribution in [0.2, 0.25) is 0 Å². The highest BCUT2D eigenvalue weighted by atomic mass is 32.2. The maximum absolute atomic E-state index is 12.9. The highest BCUT2D eigenvalue weighted by Crippen LogP contribution is 2.30. The summed E-state index contributed by atoms with van der Waals surface area (Å²) in [6, 6.07) is 11.4. The molecule has 1 aliphatic carbocycles. The van der Waals surface area contributed by atoms with Gasteiger partial charge in [-0.1, -0.05) is 30.3 Å². The van der Waals surface area contributed by atoms with Gasteiger partial charge in [0.2, 0.25) is 10.0 Å². The molecule has 1 atom stereocenters. The van der Waals surface area contributed by atoms with E-state index in [1.807, 2.05) is 29.1 Å². The maximum atomic E-state index is 12.9. The van der Waals surface area contributed by atoms with Crippen LogP contribution in [-0.4, -0.2) is 59.7 Å². The lowest BCUT2D eigenvalue weighted by atomic mass is 9.92. The number of aromatic amines is 1. The van der Waals surface area contributed by atoms with Crippen molar-refractivity contribution in [2.24, 2.45) is 0 Å². The van der Waals surface area contributed by atoms with Gasteiger partial charge in [0.15, 0.2) is 0 Å². The molecular weight excluding hydrogens is 442 g/mol. The minimum Gasteiger partial charge on any atom is -0.379 e. The first-order chi connectivity index (χ1) is 16.0. The molecule has 3 aromatic rings. The van der Waals surface area contributed by atoms with Crippen LogP contribution in [0.1, 0.15) is 46.2 Å². The number of H-pyrrole nitrogens is 1. The number of fused-ring (bicyclic) bond motifs is 1. The standard InChI is InChI=1S/C23H27N5O4S/c29-23(21-13-18(14-24-21)33(30,31)27-9-11-32-12-10-27)26-20-7-4-8-22-19(20)15-25-28(22)16-17-5-2-1-3-6-17/h1-3,5-6,13-15,20,24H,4,7-12,16H2,(H,26,29). The summed E-state index contributed by atoms with van der Waals surface area (Å²) in [5, 5.41) is 7.63. The molecule has 2 N–H and O–H groups in total. The molecule has 0 spiro atoms. The van der Waals surface area contributed by atoms with E-state index >= 15 is 0 Å². The first-order valence-corrected chi connectivity index (χ1v) is 12.6. The zero-order valence-corrected chi connectivity index (χ0v) is 19.1. The molecule has 5 rings (SSSR count). The second-order valence-corrected chi connectivity index (χ2v) is 10.3. The van der Waals surface area contributed by atoms with E-state index in [0.29, 0.717) is 32.8 Å². The number of amides is 1. The monoisotopic (exact) mass is 469 g/mol. The topological polar surface area (TPSA) is 109 Å². The van der Waals surface area contributed by atoms with Crippen LogP contribution in [0.4, 0.5) is 0 Å². The van der Waals surface area contributed by atoms with Gasteiger partial charge in [0.05, 0.1) is 32.0 Å². The summed E-state index contributed by atoms with van der Waals surface area (Å²) in [5.74, 6) is -0.327. The smallest absolute Gasteiger partial charge is 0.268 e. The summed E-state index contributed by atoms with van der Waals surface area (Å²) >= 11 is 0. The van der Waals surface area contributed by atoms with Gasteiger partial charge in [-0.2, -0.15) is 9.40 Å². The van der Waals surface area contributed by atoms with Crippen LogP contribution in [0, 0.1) is 0 Å². The van der Waals surface area contributed by atoms with Crippen LogP contribution < -0.4 is 5.32 Å². The van der Waals surface area contributed by atoms with E-state index in [1.165, 1.54) is 22.1 Å². The zero-order valence-electron chi connectivity index (χ0n) is 18.2.